The van der Waals surface area contributed by atoms with E-state index in [0.717, 1.165) is 12.5 Å². The van der Waals surface area contributed by atoms with E-state index in [-0.39, 0.29) is 6.61 Å². The van der Waals surface area contributed by atoms with Crippen LogP contribution in [0.4, 0.5) is 14.5 Å². The molecule has 5 nitrogen and oxygen atoms in total. The van der Waals surface area contributed by atoms with Crippen molar-refractivity contribution in [3.8, 4) is 0 Å². The lowest BCUT2D eigenvalue weighted by Crippen LogP contribution is -2.38. The van der Waals surface area contributed by atoms with E-state index < -0.39 is 38.3 Å². The van der Waals surface area contributed by atoms with Crippen LogP contribution in [0.5, 0.6) is 0 Å². The third kappa shape index (κ3) is 4.12. The zero-order valence-corrected chi connectivity index (χ0v) is 12.1. The highest BCUT2D eigenvalue weighted by Crippen LogP contribution is 2.21. The van der Waals surface area contributed by atoms with Crippen LogP contribution in [0, 0.1) is 11.6 Å². The molecule has 0 aliphatic rings. The van der Waals surface area contributed by atoms with Gasteiger partial charge >= 0.3 is 0 Å². The first kappa shape index (κ1) is 16.8. The first-order valence-electron chi connectivity index (χ1n) is 6.07. The van der Waals surface area contributed by atoms with Crippen LogP contribution in [0.25, 0.3) is 0 Å². The number of hydrogen-bond donors (Lipinski definition) is 2. The molecule has 0 amide bonds. The second kappa shape index (κ2) is 6.96. The summed E-state index contributed by atoms with van der Waals surface area (Å²) in [5.41, 5.74) is 4.85. The first-order valence-corrected chi connectivity index (χ1v) is 7.56. The molecule has 0 aromatic heterocycles. The molecular weight excluding hydrogens is 290 g/mol. The van der Waals surface area contributed by atoms with Crippen LogP contribution >= 0.6 is 0 Å². The van der Waals surface area contributed by atoms with Crippen molar-refractivity contribution in [2.24, 2.45) is 0 Å². The molecule has 20 heavy (non-hydrogen) atoms. The molecular formula is C12H18F2N2O3S. The molecule has 0 aliphatic carbocycles. The maximum atomic E-state index is 13.6. The van der Waals surface area contributed by atoms with E-state index in [1.165, 1.54) is 7.11 Å². The predicted octanol–water partition coefficient (Wildman–Crippen LogP) is 1.64. The van der Waals surface area contributed by atoms with Gasteiger partial charge in [-0.1, -0.05) is 13.3 Å². The lowest BCUT2D eigenvalue weighted by molar-refractivity contribution is 0.171. The van der Waals surface area contributed by atoms with Gasteiger partial charge in [0.05, 0.1) is 12.3 Å². The largest absolute Gasteiger partial charge is 0.396 e. The van der Waals surface area contributed by atoms with Crippen molar-refractivity contribution >= 4 is 15.7 Å². The SMILES string of the molecule is CCCC(COC)NS(=O)(=O)c1cc(N)c(F)cc1F. The fourth-order valence-corrected chi connectivity index (χ4v) is 3.11. The Bertz CT molecular complexity index is 558. The fraction of sp³-hybridized carbons (Fsp3) is 0.500. The average molecular weight is 308 g/mol. The number of rotatable bonds is 7. The number of hydrogen-bond acceptors (Lipinski definition) is 4. The first-order chi connectivity index (χ1) is 9.31. The number of nitrogens with one attached hydrogen (secondary N) is 1. The van der Waals surface area contributed by atoms with Gasteiger partial charge in [-0.15, -0.1) is 0 Å². The lowest BCUT2D eigenvalue weighted by Gasteiger charge is -2.17. The highest BCUT2D eigenvalue weighted by molar-refractivity contribution is 7.89. The molecule has 1 unspecified atom stereocenters. The summed E-state index contributed by atoms with van der Waals surface area (Å²) >= 11 is 0. The number of nitrogen functional groups attached to an aromatic ring is 1. The molecule has 0 saturated carbocycles. The van der Waals surface area contributed by atoms with Gasteiger partial charge in [0.25, 0.3) is 0 Å². The molecule has 0 saturated heterocycles. The zero-order chi connectivity index (χ0) is 15.3. The van der Waals surface area contributed by atoms with Crippen molar-refractivity contribution < 1.29 is 21.9 Å². The van der Waals surface area contributed by atoms with E-state index in [0.29, 0.717) is 12.5 Å². The van der Waals surface area contributed by atoms with Gasteiger partial charge in [-0.3, -0.25) is 0 Å². The van der Waals surface area contributed by atoms with Gasteiger partial charge in [-0.05, 0) is 12.5 Å². The van der Waals surface area contributed by atoms with Crippen molar-refractivity contribution in [2.75, 3.05) is 19.5 Å². The van der Waals surface area contributed by atoms with Crippen LogP contribution in [0.2, 0.25) is 0 Å². The van der Waals surface area contributed by atoms with Gasteiger partial charge in [0.2, 0.25) is 10.0 Å². The molecule has 3 N–H and O–H groups in total. The molecule has 0 spiro atoms. The number of sulfonamides is 1. The van der Waals surface area contributed by atoms with E-state index in [9.17, 15) is 17.2 Å². The molecule has 1 aromatic rings. The highest BCUT2D eigenvalue weighted by atomic mass is 32.2. The van der Waals surface area contributed by atoms with Gasteiger partial charge in [0, 0.05) is 19.2 Å². The van der Waals surface area contributed by atoms with Crippen molar-refractivity contribution in [2.45, 2.75) is 30.7 Å². The Morgan fingerprint density at radius 3 is 2.55 bits per heavy atom. The molecule has 0 aliphatic heterocycles. The molecule has 0 fully saturated rings. The fourth-order valence-electron chi connectivity index (χ4n) is 1.76. The smallest absolute Gasteiger partial charge is 0.243 e. The number of benzene rings is 1. The van der Waals surface area contributed by atoms with Crippen molar-refractivity contribution in [3.05, 3.63) is 23.8 Å². The maximum absolute atomic E-state index is 13.6. The summed E-state index contributed by atoms with van der Waals surface area (Å²) < 4.78 is 58.1. The van der Waals surface area contributed by atoms with Gasteiger partial charge in [-0.2, -0.15) is 0 Å². The molecule has 1 rings (SSSR count). The van der Waals surface area contributed by atoms with Crippen LogP contribution in [0.1, 0.15) is 19.8 Å². The maximum Gasteiger partial charge on any atom is 0.243 e. The number of nitrogens with two attached hydrogens (primary N) is 1. The normalized spacial score (nSPS) is 13.4. The van der Waals surface area contributed by atoms with Crippen molar-refractivity contribution in [3.63, 3.8) is 0 Å². The lowest BCUT2D eigenvalue weighted by atomic mass is 10.2. The molecule has 0 bridgehead atoms. The number of anilines is 1. The minimum atomic E-state index is -4.13. The summed E-state index contributed by atoms with van der Waals surface area (Å²) in [6, 6.07) is 0.735. The Labute approximate surface area is 117 Å². The minimum absolute atomic E-state index is 0.158. The summed E-state index contributed by atoms with van der Waals surface area (Å²) in [4.78, 5) is -0.673. The standard InChI is InChI=1S/C12H18F2N2O3S/c1-3-4-8(7-19-2)16-20(17,18)12-6-11(15)9(13)5-10(12)14/h5-6,8,16H,3-4,7,15H2,1-2H3. The number of ether oxygens (including phenoxy) is 1. The quantitative estimate of drug-likeness (QED) is 0.750. The van der Waals surface area contributed by atoms with E-state index in [1.807, 2.05) is 6.92 Å². The number of halogens is 2. The van der Waals surface area contributed by atoms with Crippen LogP contribution < -0.4 is 10.5 Å². The van der Waals surface area contributed by atoms with Gasteiger partial charge in [0.15, 0.2) is 0 Å². The van der Waals surface area contributed by atoms with E-state index in [4.69, 9.17) is 10.5 Å². The molecule has 114 valence electrons. The van der Waals surface area contributed by atoms with Crippen molar-refractivity contribution in [1.29, 1.82) is 0 Å². The van der Waals surface area contributed by atoms with Crippen molar-refractivity contribution in [1.82, 2.24) is 4.72 Å². The van der Waals surface area contributed by atoms with E-state index in [2.05, 4.69) is 4.72 Å². The van der Waals surface area contributed by atoms with Gasteiger partial charge in [-0.25, -0.2) is 21.9 Å². The van der Waals surface area contributed by atoms with Crippen LogP contribution in [0.3, 0.4) is 0 Å². The Hall–Kier alpha value is -1.25. The van der Waals surface area contributed by atoms with E-state index in [1.54, 1.807) is 0 Å². The Kier molecular flexibility index (Phi) is 5.85. The third-order valence-corrected chi connectivity index (χ3v) is 4.20. The topological polar surface area (TPSA) is 81.4 Å². The second-order valence-corrected chi connectivity index (χ2v) is 6.05. The molecule has 8 heteroatoms. The molecule has 0 radical (unpaired) electrons. The van der Waals surface area contributed by atoms with Crippen LogP contribution in [-0.2, 0) is 14.8 Å². The average Bonchev–Trinajstić information content (AvgIpc) is 2.33. The minimum Gasteiger partial charge on any atom is -0.396 e. The Morgan fingerprint density at radius 1 is 1.35 bits per heavy atom. The number of methoxy groups -OCH3 is 1. The monoisotopic (exact) mass is 308 g/mol. The van der Waals surface area contributed by atoms with E-state index >= 15 is 0 Å². The predicted molar refractivity (Wildman–Crippen MR) is 71.7 cm³/mol. The summed E-state index contributed by atoms with van der Waals surface area (Å²) in [6.45, 7) is 2.04. The molecule has 1 atom stereocenters. The highest BCUT2D eigenvalue weighted by Gasteiger charge is 2.24. The van der Waals surface area contributed by atoms with Crippen LogP contribution in [0.15, 0.2) is 17.0 Å². The van der Waals surface area contributed by atoms with Gasteiger partial charge in [0.1, 0.15) is 16.5 Å². The Morgan fingerprint density at radius 2 is 2.00 bits per heavy atom. The summed E-state index contributed by atoms with van der Waals surface area (Å²) in [5.74, 6) is -2.18. The molecule has 0 heterocycles. The molecule has 1 aromatic carbocycles. The summed E-state index contributed by atoms with van der Waals surface area (Å²) in [7, 11) is -2.69. The Balaban J connectivity index is 3.07. The summed E-state index contributed by atoms with van der Waals surface area (Å²) in [5, 5.41) is 0. The second-order valence-electron chi connectivity index (χ2n) is 4.37. The summed E-state index contributed by atoms with van der Waals surface area (Å²) in [6.07, 6.45) is 1.26. The third-order valence-electron chi connectivity index (χ3n) is 2.67. The van der Waals surface area contributed by atoms with Gasteiger partial charge < -0.3 is 10.5 Å². The van der Waals surface area contributed by atoms with Crippen LogP contribution in [-0.4, -0.2) is 28.2 Å². The zero-order valence-electron chi connectivity index (χ0n) is 11.3.